The van der Waals surface area contributed by atoms with E-state index >= 15 is 0 Å². The number of hydrogen-bond donors (Lipinski definition) is 0. The third-order valence-corrected chi connectivity index (χ3v) is 8.23. The Morgan fingerprint density at radius 2 is 1.77 bits per heavy atom. The first-order chi connectivity index (χ1) is 14.3. The molecule has 2 aromatic carbocycles. The first-order valence-corrected chi connectivity index (χ1v) is 12.0. The first-order valence-electron chi connectivity index (χ1n) is 10.1. The lowest BCUT2D eigenvalue weighted by Gasteiger charge is -2.41. The van der Waals surface area contributed by atoms with Crippen LogP contribution in [0.5, 0.6) is 0 Å². The van der Waals surface area contributed by atoms with Crippen LogP contribution in [0, 0.1) is 6.92 Å². The molecule has 1 fully saturated rings. The maximum Gasteiger partial charge on any atom is 0.266 e. The summed E-state index contributed by atoms with van der Waals surface area (Å²) in [6.07, 6.45) is 1.11. The molecular weight excluding hydrogens is 422 g/mol. The van der Waals surface area contributed by atoms with Gasteiger partial charge in [0, 0.05) is 26.2 Å². The molecule has 6 nitrogen and oxygen atoms in total. The Morgan fingerprint density at radius 3 is 2.47 bits per heavy atom. The molecule has 2 aliphatic heterocycles. The second-order valence-corrected chi connectivity index (χ2v) is 10.2. The monoisotopic (exact) mass is 447 g/mol. The summed E-state index contributed by atoms with van der Waals surface area (Å²) in [4.78, 5) is 17.5. The Bertz CT molecular complexity index is 1070. The van der Waals surface area contributed by atoms with Crippen molar-refractivity contribution in [2.75, 3.05) is 37.5 Å². The van der Waals surface area contributed by atoms with Crippen LogP contribution < -0.4 is 4.31 Å². The van der Waals surface area contributed by atoms with E-state index in [9.17, 15) is 13.2 Å². The number of carbonyl (C=O) groups excluding carboxylic acids is 1. The molecule has 0 N–H and O–H groups in total. The minimum Gasteiger partial charge on any atom is -0.338 e. The van der Waals surface area contributed by atoms with E-state index in [1.165, 1.54) is 10.4 Å². The van der Waals surface area contributed by atoms with Crippen molar-refractivity contribution in [1.29, 1.82) is 0 Å². The number of carbonyl (C=O) groups is 1. The van der Waals surface area contributed by atoms with E-state index in [2.05, 4.69) is 4.90 Å². The van der Waals surface area contributed by atoms with Crippen LogP contribution in [-0.4, -0.2) is 63.4 Å². The minimum atomic E-state index is -4.02. The summed E-state index contributed by atoms with van der Waals surface area (Å²) < 4.78 is 28.9. The molecular formula is C22H26ClN3O3S. The number of aryl methyl sites for hydroxylation is 2. The first kappa shape index (κ1) is 21.2. The summed E-state index contributed by atoms with van der Waals surface area (Å²) in [5.41, 5.74) is 2.36. The normalized spacial score (nSPS) is 20.2. The van der Waals surface area contributed by atoms with Gasteiger partial charge in [-0.05, 0) is 56.1 Å². The number of piperazine rings is 1. The number of sulfonamides is 1. The summed E-state index contributed by atoms with van der Waals surface area (Å²) in [6.45, 7) is 4.63. The van der Waals surface area contributed by atoms with E-state index in [1.807, 2.05) is 26.1 Å². The zero-order valence-electron chi connectivity index (χ0n) is 17.2. The van der Waals surface area contributed by atoms with E-state index in [1.54, 1.807) is 29.2 Å². The van der Waals surface area contributed by atoms with Crippen LogP contribution in [0.1, 0.15) is 17.5 Å². The second-order valence-electron chi connectivity index (χ2n) is 8.05. The van der Waals surface area contributed by atoms with Crippen LogP contribution in [-0.2, 0) is 21.2 Å². The molecule has 0 saturated carbocycles. The third kappa shape index (κ3) is 3.82. The van der Waals surface area contributed by atoms with Gasteiger partial charge in [-0.15, -0.1) is 0 Å². The number of likely N-dealkylation sites (N-methyl/N-ethyl adjacent to an activating group) is 1. The van der Waals surface area contributed by atoms with Crippen molar-refractivity contribution in [2.24, 2.45) is 0 Å². The van der Waals surface area contributed by atoms with E-state index in [4.69, 9.17) is 11.6 Å². The lowest BCUT2D eigenvalue weighted by molar-refractivity contribution is -0.134. The van der Waals surface area contributed by atoms with Crippen molar-refractivity contribution in [3.05, 3.63) is 58.6 Å². The molecule has 0 bridgehead atoms. The average molecular weight is 448 g/mol. The number of rotatable bonds is 3. The zero-order chi connectivity index (χ0) is 21.5. The molecule has 4 rings (SSSR count). The maximum absolute atomic E-state index is 13.8. The molecule has 0 spiro atoms. The lowest BCUT2D eigenvalue weighted by Crippen LogP contribution is -2.56. The largest absolute Gasteiger partial charge is 0.338 e. The summed E-state index contributed by atoms with van der Waals surface area (Å²) in [6, 6.07) is 11.5. The number of anilines is 1. The molecule has 8 heteroatoms. The van der Waals surface area contributed by atoms with Gasteiger partial charge in [0.2, 0.25) is 5.91 Å². The van der Waals surface area contributed by atoms with Gasteiger partial charge in [-0.3, -0.25) is 9.10 Å². The number of fused-ring (bicyclic) bond motifs is 1. The predicted octanol–water partition coefficient (Wildman–Crippen LogP) is 2.93. The standard InChI is InChI=1S/C22H26ClN3O3S/c1-16-7-10-21(18(23)15-16)30(28,29)26-19-6-4-3-5-17(19)8-9-20(26)22(27)25-13-11-24(2)12-14-25/h3-7,10,15,20H,8-9,11-14H2,1-2H3/t20-/m0/s1. The Hall–Kier alpha value is -2.09. The highest BCUT2D eigenvalue weighted by Gasteiger charge is 2.42. The molecule has 0 aliphatic carbocycles. The van der Waals surface area contributed by atoms with Crippen molar-refractivity contribution in [1.82, 2.24) is 9.80 Å². The average Bonchev–Trinajstić information content (AvgIpc) is 2.72. The molecule has 1 saturated heterocycles. The van der Waals surface area contributed by atoms with E-state index in [0.717, 1.165) is 24.2 Å². The van der Waals surface area contributed by atoms with E-state index in [0.29, 0.717) is 31.6 Å². The highest BCUT2D eigenvalue weighted by atomic mass is 35.5. The number of benzene rings is 2. The Labute approximate surface area is 183 Å². The van der Waals surface area contributed by atoms with Gasteiger partial charge < -0.3 is 9.80 Å². The summed E-state index contributed by atoms with van der Waals surface area (Å²) in [5, 5.41) is 0.170. The van der Waals surface area contributed by atoms with E-state index in [-0.39, 0.29) is 15.8 Å². The van der Waals surface area contributed by atoms with Crippen LogP contribution >= 0.6 is 11.6 Å². The molecule has 0 unspecified atom stereocenters. The molecule has 1 amide bonds. The number of amides is 1. The van der Waals surface area contributed by atoms with Crippen molar-refractivity contribution >= 4 is 33.2 Å². The predicted molar refractivity (Wildman–Crippen MR) is 118 cm³/mol. The van der Waals surface area contributed by atoms with Crippen molar-refractivity contribution < 1.29 is 13.2 Å². The summed E-state index contributed by atoms with van der Waals surface area (Å²) in [7, 11) is -2.00. The van der Waals surface area contributed by atoms with Gasteiger partial charge in [0.15, 0.2) is 0 Å². The summed E-state index contributed by atoms with van der Waals surface area (Å²) in [5.74, 6) is -0.135. The quantitative estimate of drug-likeness (QED) is 0.725. The number of hydrogen-bond acceptors (Lipinski definition) is 4. The van der Waals surface area contributed by atoms with Crippen LogP contribution in [0.15, 0.2) is 47.4 Å². The molecule has 2 aliphatic rings. The SMILES string of the molecule is Cc1ccc(S(=O)(=O)N2c3ccccc3CC[C@H]2C(=O)N2CCN(C)CC2)c(Cl)c1. The molecule has 30 heavy (non-hydrogen) atoms. The zero-order valence-corrected chi connectivity index (χ0v) is 18.8. The van der Waals surface area contributed by atoms with Crippen LogP contribution in [0.4, 0.5) is 5.69 Å². The number of nitrogens with zero attached hydrogens (tertiary/aromatic N) is 3. The highest BCUT2D eigenvalue weighted by molar-refractivity contribution is 7.93. The van der Waals surface area contributed by atoms with Gasteiger partial charge in [-0.1, -0.05) is 35.9 Å². The molecule has 1 atom stereocenters. The van der Waals surface area contributed by atoms with Gasteiger partial charge in [-0.2, -0.15) is 0 Å². The smallest absolute Gasteiger partial charge is 0.266 e. The van der Waals surface area contributed by atoms with Gasteiger partial charge in [0.1, 0.15) is 10.9 Å². The fraction of sp³-hybridized carbons (Fsp3) is 0.409. The molecule has 0 aromatic heterocycles. The molecule has 0 radical (unpaired) electrons. The van der Waals surface area contributed by atoms with Crippen molar-refractivity contribution in [3.8, 4) is 0 Å². The van der Waals surface area contributed by atoms with Crippen LogP contribution in [0.2, 0.25) is 5.02 Å². The summed E-state index contributed by atoms with van der Waals surface area (Å²) >= 11 is 6.35. The number of para-hydroxylation sites is 1. The third-order valence-electron chi connectivity index (χ3n) is 5.92. The fourth-order valence-electron chi connectivity index (χ4n) is 4.19. The Morgan fingerprint density at radius 1 is 1.07 bits per heavy atom. The number of halogens is 1. The van der Waals surface area contributed by atoms with Gasteiger partial charge in [0.05, 0.1) is 10.7 Å². The van der Waals surface area contributed by atoms with Crippen molar-refractivity contribution in [2.45, 2.75) is 30.7 Å². The van der Waals surface area contributed by atoms with E-state index < -0.39 is 16.1 Å². The molecule has 2 heterocycles. The highest BCUT2D eigenvalue weighted by Crippen LogP contribution is 2.38. The van der Waals surface area contributed by atoms with Gasteiger partial charge in [-0.25, -0.2) is 8.42 Å². The lowest BCUT2D eigenvalue weighted by atomic mass is 9.97. The van der Waals surface area contributed by atoms with Gasteiger partial charge in [0.25, 0.3) is 10.0 Å². The maximum atomic E-state index is 13.8. The Kier molecular flexibility index (Phi) is 5.79. The minimum absolute atomic E-state index is 0.0302. The van der Waals surface area contributed by atoms with Crippen molar-refractivity contribution in [3.63, 3.8) is 0 Å². The molecule has 160 valence electrons. The topological polar surface area (TPSA) is 60.9 Å². The fourth-order valence-corrected chi connectivity index (χ4v) is 6.45. The van der Waals surface area contributed by atoms with Gasteiger partial charge >= 0.3 is 0 Å². The van der Waals surface area contributed by atoms with Crippen LogP contribution in [0.3, 0.4) is 0 Å². The second kappa shape index (κ2) is 8.21. The Balaban J connectivity index is 1.78. The molecule has 2 aromatic rings. The van der Waals surface area contributed by atoms with Crippen LogP contribution in [0.25, 0.3) is 0 Å².